The molecular formula is C10H20N. The molecule has 1 rings (SSSR count). The van der Waals surface area contributed by atoms with Crippen molar-refractivity contribution in [3.8, 4) is 0 Å². The SMILES string of the molecule is [CH2]CCCC1CCCN(C)C1. The molecule has 0 amide bonds. The highest BCUT2D eigenvalue weighted by Gasteiger charge is 2.15. The van der Waals surface area contributed by atoms with E-state index < -0.39 is 0 Å². The lowest BCUT2D eigenvalue weighted by Crippen LogP contribution is -2.31. The van der Waals surface area contributed by atoms with Crippen molar-refractivity contribution in [3.05, 3.63) is 6.92 Å². The summed E-state index contributed by atoms with van der Waals surface area (Å²) in [5.74, 6) is 0.968. The van der Waals surface area contributed by atoms with E-state index in [0.29, 0.717) is 0 Å². The number of rotatable bonds is 3. The molecule has 0 aliphatic carbocycles. The number of piperidine rings is 1. The Bertz CT molecular complexity index is 101. The lowest BCUT2D eigenvalue weighted by atomic mass is 9.93. The summed E-state index contributed by atoms with van der Waals surface area (Å²) in [6.45, 7) is 6.50. The third kappa shape index (κ3) is 3.24. The van der Waals surface area contributed by atoms with E-state index in [1.54, 1.807) is 0 Å². The summed E-state index contributed by atoms with van der Waals surface area (Å²) in [5, 5.41) is 0. The quantitative estimate of drug-likeness (QED) is 0.603. The van der Waals surface area contributed by atoms with E-state index in [0.717, 1.165) is 12.3 Å². The van der Waals surface area contributed by atoms with Crippen molar-refractivity contribution in [3.63, 3.8) is 0 Å². The topological polar surface area (TPSA) is 3.24 Å². The first-order valence-corrected chi connectivity index (χ1v) is 4.80. The highest BCUT2D eigenvalue weighted by molar-refractivity contribution is 4.70. The molecule has 1 unspecified atom stereocenters. The molecule has 65 valence electrons. The number of hydrogen-bond acceptors (Lipinski definition) is 1. The molecule has 1 aliphatic heterocycles. The summed E-state index contributed by atoms with van der Waals surface area (Å²) >= 11 is 0. The molecule has 0 saturated carbocycles. The Hall–Kier alpha value is -0.0400. The van der Waals surface area contributed by atoms with Gasteiger partial charge >= 0.3 is 0 Å². The highest BCUT2D eigenvalue weighted by Crippen LogP contribution is 2.20. The fourth-order valence-corrected chi connectivity index (χ4v) is 1.94. The van der Waals surface area contributed by atoms with E-state index in [-0.39, 0.29) is 0 Å². The van der Waals surface area contributed by atoms with Crippen LogP contribution in [0.5, 0.6) is 0 Å². The van der Waals surface area contributed by atoms with Gasteiger partial charge in [0.1, 0.15) is 0 Å². The molecule has 1 saturated heterocycles. The second-order valence-electron chi connectivity index (χ2n) is 3.77. The van der Waals surface area contributed by atoms with Crippen LogP contribution in [-0.2, 0) is 0 Å². The van der Waals surface area contributed by atoms with Gasteiger partial charge in [0, 0.05) is 6.54 Å². The minimum Gasteiger partial charge on any atom is -0.306 e. The van der Waals surface area contributed by atoms with Gasteiger partial charge in [0.05, 0.1) is 0 Å². The Balaban J connectivity index is 2.12. The van der Waals surface area contributed by atoms with Crippen LogP contribution < -0.4 is 0 Å². The van der Waals surface area contributed by atoms with Gasteiger partial charge in [-0.05, 0) is 38.8 Å². The van der Waals surface area contributed by atoms with Crippen LogP contribution in [-0.4, -0.2) is 25.0 Å². The molecule has 1 nitrogen and oxygen atoms in total. The lowest BCUT2D eigenvalue weighted by molar-refractivity contribution is 0.200. The maximum atomic E-state index is 3.88. The number of hydrogen-bond donors (Lipinski definition) is 0. The lowest BCUT2D eigenvalue weighted by Gasteiger charge is -2.29. The van der Waals surface area contributed by atoms with Crippen LogP contribution in [0.15, 0.2) is 0 Å². The molecule has 0 aromatic carbocycles. The highest BCUT2D eigenvalue weighted by atomic mass is 15.1. The largest absolute Gasteiger partial charge is 0.306 e. The number of likely N-dealkylation sites (tertiary alicyclic amines) is 1. The monoisotopic (exact) mass is 154 g/mol. The predicted octanol–water partition coefficient (Wildman–Crippen LogP) is 2.33. The third-order valence-electron chi connectivity index (χ3n) is 2.58. The Morgan fingerprint density at radius 3 is 3.00 bits per heavy atom. The Labute approximate surface area is 70.8 Å². The maximum absolute atomic E-state index is 3.88. The van der Waals surface area contributed by atoms with E-state index in [2.05, 4.69) is 18.9 Å². The van der Waals surface area contributed by atoms with Crippen molar-refractivity contribution >= 4 is 0 Å². The van der Waals surface area contributed by atoms with Gasteiger partial charge in [0.2, 0.25) is 0 Å². The molecule has 11 heavy (non-hydrogen) atoms. The molecule has 1 heterocycles. The summed E-state index contributed by atoms with van der Waals surface area (Å²) in [6.07, 6.45) is 6.68. The summed E-state index contributed by atoms with van der Waals surface area (Å²) in [4.78, 5) is 2.46. The molecule has 1 atom stereocenters. The number of nitrogens with zero attached hydrogens (tertiary/aromatic N) is 1. The van der Waals surface area contributed by atoms with Crippen molar-refractivity contribution in [2.24, 2.45) is 5.92 Å². The molecule has 0 spiro atoms. The van der Waals surface area contributed by atoms with Gasteiger partial charge in [-0.3, -0.25) is 0 Å². The fraction of sp³-hybridized carbons (Fsp3) is 0.900. The fourth-order valence-electron chi connectivity index (χ4n) is 1.94. The molecule has 0 aromatic rings. The molecule has 1 fully saturated rings. The normalized spacial score (nSPS) is 27.3. The van der Waals surface area contributed by atoms with Crippen LogP contribution in [0.3, 0.4) is 0 Å². The first kappa shape index (κ1) is 9.05. The zero-order valence-electron chi connectivity index (χ0n) is 7.68. The Kier molecular flexibility index (Phi) is 3.92. The molecule has 0 N–H and O–H groups in total. The van der Waals surface area contributed by atoms with E-state index in [1.165, 1.54) is 38.8 Å². The summed E-state index contributed by atoms with van der Waals surface area (Å²) in [5.41, 5.74) is 0. The maximum Gasteiger partial charge on any atom is 0.000661 e. The first-order chi connectivity index (χ1) is 5.33. The van der Waals surface area contributed by atoms with Gasteiger partial charge in [-0.2, -0.15) is 0 Å². The van der Waals surface area contributed by atoms with Crippen LogP contribution in [0, 0.1) is 12.8 Å². The molecule has 1 radical (unpaired) electrons. The average Bonchev–Trinajstić information content (AvgIpc) is 2.01. The molecule has 1 heteroatoms. The van der Waals surface area contributed by atoms with Gasteiger partial charge in [-0.15, -0.1) is 0 Å². The summed E-state index contributed by atoms with van der Waals surface area (Å²) in [6, 6.07) is 0. The minimum atomic E-state index is 0.968. The van der Waals surface area contributed by atoms with Crippen LogP contribution in [0.4, 0.5) is 0 Å². The van der Waals surface area contributed by atoms with E-state index >= 15 is 0 Å². The van der Waals surface area contributed by atoms with E-state index in [1.807, 2.05) is 0 Å². The zero-order valence-corrected chi connectivity index (χ0v) is 7.68. The second-order valence-corrected chi connectivity index (χ2v) is 3.77. The smallest absolute Gasteiger partial charge is 0.000661 e. The van der Waals surface area contributed by atoms with Crippen molar-refractivity contribution in [2.75, 3.05) is 20.1 Å². The number of unbranched alkanes of at least 4 members (excludes halogenated alkanes) is 1. The van der Waals surface area contributed by atoms with Gasteiger partial charge in [0.25, 0.3) is 0 Å². The van der Waals surface area contributed by atoms with Gasteiger partial charge in [-0.25, -0.2) is 0 Å². The van der Waals surface area contributed by atoms with E-state index in [9.17, 15) is 0 Å². The van der Waals surface area contributed by atoms with E-state index in [4.69, 9.17) is 0 Å². The molecule has 0 aromatic heterocycles. The molecule has 0 bridgehead atoms. The van der Waals surface area contributed by atoms with Crippen molar-refractivity contribution in [1.29, 1.82) is 0 Å². The van der Waals surface area contributed by atoms with Gasteiger partial charge < -0.3 is 4.90 Å². The summed E-state index contributed by atoms with van der Waals surface area (Å²) in [7, 11) is 2.23. The Morgan fingerprint density at radius 2 is 2.36 bits per heavy atom. The van der Waals surface area contributed by atoms with Crippen molar-refractivity contribution < 1.29 is 0 Å². The van der Waals surface area contributed by atoms with Crippen molar-refractivity contribution in [1.82, 2.24) is 4.90 Å². The van der Waals surface area contributed by atoms with Crippen LogP contribution in [0.2, 0.25) is 0 Å². The van der Waals surface area contributed by atoms with Crippen molar-refractivity contribution in [2.45, 2.75) is 32.1 Å². The van der Waals surface area contributed by atoms with Gasteiger partial charge in [0.15, 0.2) is 0 Å². The molecular weight excluding hydrogens is 134 g/mol. The Morgan fingerprint density at radius 1 is 1.55 bits per heavy atom. The first-order valence-electron chi connectivity index (χ1n) is 4.80. The summed E-state index contributed by atoms with van der Waals surface area (Å²) < 4.78 is 0. The zero-order chi connectivity index (χ0) is 8.10. The van der Waals surface area contributed by atoms with Gasteiger partial charge in [-0.1, -0.05) is 19.8 Å². The molecule has 1 aliphatic rings. The van der Waals surface area contributed by atoms with Crippen LogP contribution in [0.1, 0.15) is 32.1 Å². The third-order valence-corrected chi connectivity index (χ3v) is 2.58. The predicted molar refractivity (Wildman–Crippen MR) is 49.4 cm³/mol. The average molecular weight is 154 g/mol. The second kappa shape index (κ2) is 4.76. The minimum absolute atomic E-state index is 0.968. The van der Waals surface area contributed by atoms with Crippen LogP contribution >= 0.6 is 0 Å². The van der Waals surface area contributed by atoms with Crippen LogP contribution in [0.25, 0.3) is 0 Å². The standard InChI is InChI=1S/C10H20N/c1-3-4-6-10-7-5-8-11(2)9-10/h10H,1,3-9H2,2H3.